The molecule has 31 heavy (non-hydrogen) atoms. The van der Waals surface area contributed by atoms with Gasteiger partial charge in [0.1, 0.15) is 17.3 Å². The van der Waals surface area contributed by atoms with Crippen LogP contribution in [0.15, 0.2) is 24.6 Å². The molecule has 1 saturated heterocycles. The van der Waals surface area contributed by atoms with E-state index in [1.165, 1.54) is 12.3 Å². The van der Waals surface area contributed by atoms with Crippen molar-refractivity contribution >= 4 is 29.5 Å². The van der Waals surface area contributed by atoms with E-state index >= 15 is 0 Å². The normalized spacial score (nSPS) is 35.5. The van der Waals surface area contributed by atoms with Crippen molar-refractivity contribution in [3.63, 3.8) is 0 Å². The van der Waals surface area contributed by atoms with Gasteiger partial charge in [-0.05, 0) is 19.9 Å². The number of carbonyl (C=O) groups excluding carboxylic acids is 1. The summed E-state index contributed by atoms with van der Waals surface area (Å²) in [5, 5.41) is 23.5. The highest BCUT2D eigenvalue weighted by Gasteiger charge is 2.62. The molecule has 7 N–H and O–H groups in total. The number of nitrogens with zero attached hydrogens (tertiary/aromatic N) is 1. The Kier molecular flexibility index (Phi) is 7.15. The Balaban J connectivity index is 2.16. The number of phosphoric acid groups is 3. The van der Waals surface area contributed by atoms with Gasteiger partial charge in [-0.3, -0.25) is 9.42 Å². The number of carbonyl (C=O) groups is 1. The van der Waals surface area contributed by atoms with E-state index in [1.807, 2.05) is 0 Å². The third-order valence-corrected chi connectivity index (χ3v) is 7.92. The molecule has 1 fully saturated rings. The summed E-state index contributed by atoms with van der Waals surface area (Å²) in [6, 6.07) is -0.762. The molecule has 6 atom stereocenters. The van der Waals surface area contributed by atoms with Crippen molar-refractivity contribution in [1.29, 1.82) is 0 Å². The monoisotopic (exact) mass is 510 g/mol. The van der Waals surface area contributed by atoms with Gasteiger partial charge in [0.2, 0.25) is 0 Å². The molecule has 16 nitrogen and oxygen atoms in total. The van der Waals surface area contributed by atoms with E-state index in [1.54, 1.807) is 0 Å². The van der Waals surface area contributed by atoms with Crippen LogP contribution in [0.2, 0.25) is 0 Å². The predicted molar refractivity (Wildman–Crippen MR) is 98.4 cm³/mol. The maximum atomic E-state index is 12.1. The molecule has 0 radical (unpaired) electrons. The molecular weight excluding hydrogens is 489 g/mol. The first-order chi connectivity index (χ1) is 13.8. The van der Waals surface area contributed by atoms with Gasteiger partial charge >= 0.3 is 29.5 Å². The molecule has 2 aliphatic rings. The lowest BCUT2D eigenvalue weighted by atomic mass is 9.89. The van der Waals surface area contributed by atoms with E-state index < -0.39 is 59.6 Å². The van der Waals surface area contributed by atoms with Gasteiger partial charge in [0, 0.05) is 11.9 Å². The molecule has 0 aromatic carbocycles. The first kappa shape index (κ1) is 26.3. The molecule has 3 unspecified atom stereocenters. The molecule has 0 aromatic heterocycles. The van der Waals surface area contributed by atoms with Gasteiger partial charge in [-0.1, -0.05) is 6.58 Å². The number of allylic oxidation sites excluding steroid dienone is 1. The molecule has 0 spiro atoms. The average Bonchev–Trinajstić information content (AvgIpc) is 2.71. The van der Waals surface area contributed by atoms with Crippen LogP contribution in [0.5, 0.6) is 0 Å². The summed E-state index contributed by atoms with van der Waals surface area (Å²) < 4.78 is 51.1. The second-order valence-electron chi connectivity index (χ2n) is 6.95. The van der Waals surface area contributed by atoms with E-state index in [-0.39, 0.29) is 5.70 Å². The third-order valence-electron chi connectivity index (χ3n) is 4.13. The van der Waals surface area contributed by atoms with Crippen LogP contribution >= 0.6 is 23.5 Å². The fourth-order valence-corrected chi connectivity index (χ4v) is 5.94. The molecule has 2 amide bonds. The average molecular weight is 510 g/mol. The molecule has 0 aliphatic carbocycles. The summed E-state index contributed by atoms with van der Waals surface area (Å²) in [5.41, 5.74) is -3.86. The van der Waals surface area contributed by atoms with Crippen LogP contribution in [-0.2, 0) is 31.6 Å². The number of nitrogens with one attached hydrogen (secondary N) is 1. The van der Waals surface area contributed by atoms with Crippen molar-refractivity contribution in [1.82, 2.24) is 10.2 Å². The van der Waals surface area contributed by atoms with Gasteiger partial charge in [-0.2, -0.15) is 8.62 Å². The molecule has 0 aromatic rings. The topological polar surface area (TPSA) is 242 Å². The van der Waals surface area contributed by atoms with Crippen molar-refractivity contribution < 1.29 is 66.2 Å². The molecule has 0 bridgehead atoms. The van der Waals surface area contributed by atoms with Crippen molar-refractivity contribution in [2.24, 2.45) is 0 Å². The Bertz CT molecular complexity index is 930. The minimum Gasteiger partial charge on any atom is -0.387 e. The SMILES string of the molecule is C=C1C=CN([C@@H]2O[C@](C)(COP(=O)(O)OP(=O)(O)OP(=O)(O)O)[C@H](O)C2(C)O)C(=O)N1. The molecule has 2 heterocycles. The fourth-order valence-electron chi connectivity index (χ4n) is 2.82. The number of hydrogen-bond donors (Lipinski definition) is 7. The van der Waals surface area contributed by atoms with Crippen LogP contribution < -0.4 is 5.32 Å². The van der Waals surface area contributed by atoms with Gasteiger partial charge in [0.25, 0.3) is 0 Å². The molecular formula is C12H21N2O14P3. The minimum absolute atomic E-state index is 0.245. The minimum atomic E-state index is -5.74. The highest BCUT2D eigenvalue weighted by atomic mass is 31.3. The molecule has 178 valence electrons. The summed E-state index contributed by atoms with van der Waals surface area (Å²) >= 11 is 0. The van der Waals surface area contributed by atoms with Crippen molar-refractivity contribution in [2.45, 2.75) is 37.4 Å². The van der Waals surface area contributed by atoms with E-state index in [0.717, 1.165) is 18.7 Å². The summed E-state index contributed by atoms with van der Waals surface area (Å²) in [5.74, 6) is 0. The Labute approximate surface area is 175 Å². The molecule has 2 rings (SSSR count). The Morgan fingerprint density at radius 2 is 1.77 bits per heavy atom. The molecule has 2 aliphatic heterocycles. The van der Waals surface area contributed by atoms with Gasteiger partial charge in [0.15, 0.2) is 6.23 Å². The number of aliphatic hydroxyl groups is 2. The molecule has 0 saturated carbocycles. The number of urea groups is 1. The van der Waals surface area contributed by atoms with Crippen molar-refractivity contribution in [3.05, 3.63) is 24.6 Å². The summed E-state index contributed by atoms with van der Waals surface area (Å²) in [7, 11) is -16.8. The maximum absolute atomic E-state index is 12.1. The van der Waals surface area contributed by atoms with Gasteiger partial charge in [-0.25, -0.2) is 18.5 Å². The maximum Gasteiger partial charge on any atom is 0.490 e. The number of aliphatic hydroxyl groups excluding tert-OH is 1. The lowest BCUT2D eigenvalue weighted by Crippen LogP contribution is -2.56. The Morgan fingerprint density at radius 3 is 2.29 bits per heavy atom. The predicted octanol–water partition coefficient (Wildman–Crippen LogP) is -0.391. The summed E-state index contributed by atoms with van der Waals surface area (Å²) in [4.78, 5) is 48.8. The first-order valence-electron chi connectivity index (χ1n) is 8.11. The second-order valence-corrected chi connectivity index (χ2v) is 11.4. The number of rotatable bonds is 8. The number of phosphoric ester groups is 1. The van der Waals surface area contributed by atoms with Gasteiger partial charge in [0.05, 0.1) is 6.61 Å². The van der Waals surface area contributed by atoms with Crippen molar-refractivity contribution in [2.75, 3.05) is 6.61 Å². The van der Waals surface area contributed by atoms with Crippen LogP contribution in [0.25, 0.3) is 0 Å². The van der Waals surface area contributed by atoms with Crippen LogP contribution in [0.4, 0.5) is 4.79 Å². The van der Waals surface area contributed by atoms with E-state index in [9.17, 15) is 33.6 Å². The summed E-state index contributed by atoms with van der Waals surface area (Å²) in [6.07, 6.45) is -0.763. The zero-order valence-electron chi connectivity index (χ0n) is 16.0. The first-order valence-corrected chi connectivity index (χ1v) is 12.6. The lowest BCUT2D eigenvalue weighted by molar-refractivity contribution is -0.126. The Morgan fingerprint density at radius 1 is 1.19 bits per heavy atom. The number of ether oxygens (including phenoxy) is 1. The quantitative estimate of drug-likeness (QED) is 0.206. The molecule has 19 heteroatoms. The van der Waals surface area contributed by atoms with Crippen LogP contribution in [0.1, 0.15) is 13.8 Å². The van der Waals surface area contributed by atoms with E-state index in [0.29, 0.717) is 0 Å². The summed E-state index contributed by atoms with van der Waals surface area (Å²) in [6.45, 7) is 4.72. The Hall–Kier alpha value is -0.960. The number of amides is 2. The van der Waals surface area contributed by atoms with Crippen LogP contribution in [0, 0.1) is 0 Å². The van der Waals surface area contributed by atoms with Gasteiger partial charge < -0.3 is 39.8 Å². The van der Waals surface area contributed by atoms with Crippen molar-refractivity contribution in [3.8, 4) is 0 Å². The van der Waals surface area contributed by atoms with Gasteiger partial charge in [-0.15, -0.1) is 0 Å². The van der Waals surface area contributed by atoms with Crippen LogP contribution in [-0.4, -0.2) is 70.9 Å². The highest BCUT2D eigenvalue weighted by molar-refractivity contribution is 7.66. The van der Waals surface area contributed by atoms with Crippen LogP contribution in [0.3, 0.4) is 0 Å². The van der Waals surface area contributed by atoms with E-state index in [2.05, 4.69) is 25.0 Å². The fraction of sp³-hybridized carbons (Fsp3) is 0.583. The number of hydrogen-bond acceptors (Lipinski definition) is 10. The third kappa shape index (κ3) is 6.30. The standard InChI is InChI=1S/C12H21N2O14P3/c1-7-4-5-14(10(16)13-7)9-12(3,17)8(15)11(2,26-9)6-25-30(21,22)28-31(23,24)27-29(18,19)20/h4-5,8-9,15,17H,1,6H2,2-3H3,(H,13,16)(H,21,22)(H,23,24)(H2,18,19,20)/t8-,9+,11+,12?/m0/s1. The second kappa shape index (κ2) is 8.43. The smallest absolute Gasteiger partial charge is 0.387 e. The largest absolute Gasteiger partial charge is 0.490 e. The zero-order valence-corrected chi connectivity index (χ0v) is 18.6. The highest BCUT2D eigenvalue weighted by Crippen LogP contribution is 2.66. The lowest BCUT2D eigenvalue weighted by Gasteiger charge is -2.35. The van der Waals surface area contributed by atoms with E-state index in [4.69, 9.17) is 19.4 Å². The zero-order chi connectivity index (χ0) is 24.0.